The zero-order valence-electron chi connectivity index (χ0n) is 15.2. The van der Waals surface area contributed by atoms with E-state index in [0.29, 0.717) is 5.82 Å². The highest BCUT2D eigenvalue weighted by Gasteiger charge is 2.30. The van der Waals surface area contributed by atoms with Gasteiger partial charge in [-0.2, -0.15) is 18.2 Å². The monoisotopic (exact) mass is 389 g/mol. The van der Waals surface area contributed by atoms with Crippen LogP contribution in [0.4, 0.5) is 13.2 Å². The molecule has 5 nitrogen and oxygen atoms in total. The third-order valence-corrected chi connectivity index (χ3v) is 4.17. The maximum atomic E-state index is 12.7. The van der Waals surface area contributed by atoms with Gasteiger partial charge in [-0.3, -0.25) is 4.79 Å². The highest BCUT2D eigenvalue weighted by molar-refractivity contribution is 5.94. The summed E-state index contributed by atoms with van der Waals surface area (Å²) in [6.07, 6.45) is -4.45. The molecular formula is C20H18F3N3O2. The summed E-state index contributed by atoms with van der Waals surface area (Å²) in [6.45, 7) is 3.73. The number of rotatable bonds is 5. The average molecular weight is 389 g/mol. The van der Waals surface area contributed by atoms with Gasteiger partial charge in [-0.15, -0.1) is 0 Å². The largest absolute Gasteiger partial charge is 0.416 e. The van der Waals surface area contributed by atoms with Crippen molar-refractivity contribution in [3.05, 3.63) is 71.6 Å². The molecule has 0 saturated carbocycles. The third kappa shape index (κ3) is 4.39. The van der Waals surface area contributed by atoms with E-state index in [1.165, 1.54) is 0 Å². The molecule has 0 aliphatic heterocycles. The predicted octanol–water partition coefficient (Wildman–Crippen LogP) is 4.88. The van der Waals surface area contributed by atoms with Crippen LogP contribution in [0.15, 0.2) is 59.1 Å². The molecule has 3 aromatic rings. The highest BCUT2D eigenvalue weighted by atomic mass is 19.4. The van der Waals surface area contributed by atoms with Crippen molar-refractivity contribution in [2.45, 2.75) is 26.1 Å². The molecule has 28 heavy (non-hydrogen) atoms. The zero-order valence-corrected chi connectivity index (χ0v) is 15.2. The maximum Gasteiger partial charge on any atom is 0.416 e. The highest BCUT2D eigenvalue weighted by Crippen LogP contribution is 2.29. The molecule has 2 aromatic carbocycles. The number of amides is 1. The molecule has 8 heteroatoms. The van der Waals surface area contributed by atoms with Crippen LogP contribution in [0.25, 0.3) is 11.4 Å². The van der Waals surface area contributed by atoms with Crippen LogP contribution in [0.5, 0.6) is 0 Å². The van der Waals surface area contributed by atoms with E-state index in [9.17, 15) is 18.0 Å². The van der Waals surface area contributed by atoms with Gasteiger partial charge >= 0.3 is 6.18 Å². The van der Waals surface area contributed by atoms with Crippen LogP contribution in [-0.4, -0.2) is 16.0 Å². The number of nitrogens with one attached hydrogen (secondary N) is 1. The molecule has 0 aliphatic carbocycles. The molecular weight excluding hydrogens is 371 g/mol. The van der Waals surface area contributed by atoms with Crippen molar-refractivity contribution in [3.63, 3.8) is 0 Å². The summed E-state index contributed by atoms with van der Waals surface area (Å²) in [5.41, 5.74) is 0.0735. The van der Waals surface area contributed by atoms with Gasteiger partial charge < -0.3 is 9.84 Å². The Morgan fingerprint density at radius 1 is 1.04 bits per heavy atom. The molecule has 0 fully saturated rings. The van der Waals surface area contributed by atoms with Crippen molar-refractivity contribution in [2.75, 3.05) is 0 Å². The van der Waals surface area contributed by atoms with E-state index in [1.807, 2.05) is 44.2 Å². The van der Waals surface area contributed by atoms with Crippen molar-refractivity contribution in [3.8, 4) is 11.4 Å². The number of carbonyl (C=O) groups is 1. The van der Waals surface area contributed by atoms with E-state index in [0.717, 1.165) is 29.8 Å². The van der Waals surface area contributed by atoms with E-state index in [-0.39, 0.29) is 17.4 Å². The first kappa shape index (κ1) is 19.6. The summed E-state index contributed by atoms with van der Waals surface area (Å²) in [7, 11) is 0. The first-order valence-corrected chi connectivity index (χ1v) is 8.63. The Kier molecular flexibility index (Phi) is 5.48. The third-order valence-electron chi connectivity index (χ3n) is 4.17. The fraction of sp³-hybridized carbons (Fsp3) is 0.250. The molecule has 146 valence electrons. The molecule has 1 amide bonds. The predicted molar refractivity (Wildman–Crippen MR) is 96.2 cm³/mol. The van der Waals surface area contributed by atoms with Crippen molar-refractivity contribution in [2.24, 2.45) is 5.92 Å². The number of nitrogens with zero attached hydrogens (tertiary/aromatic N) is 2. The normalized spacial score (nSPS) is 12.8. The second-order valence-corrected chi connectivity index (χ2v) is 6.59. The summed E-state index contributed by atoms with van der Waals surface area (Å²) < 4.78 is 43.3. The van der Waals surface area contributed by atoms with E-state index in [2.05, 4.69) is 15.5 Å². The van der Waals surface area contributed by atoms with Gasteiger partial charge in [-0.25, -0.2) is 0 Å². The quantitative estimate of drug-likeness (QED) is 0.675. The number of hydrogen-bond donors (Lipinski definition) is 1. The minimum absolute atomic E-state index is 0.0810. The van der Waals surface area contributed by atoms with Crippen molar-refractivity contribution in [1.29, 1.82) is 0 Å². The van der Waals surface area contributed by atoms with Gasteiger partial charge in [0.1, 0.15) is 6.04 Å². The molecule has 0 aliphatic rings. The molecule has 0 unspecified atom stereocenters. The van der Waals surface area contributed by atoms with Gasteiger partial charge in [-0.1, -0.05) is 49.3 Å². The number of hydrogen-bond acceptors (Lipinski definition) is 4. The summed E-state index contributed by atoms with van der Waals surface area (Å²) in [4.78, 5) is 16.8. The molecule has 0 spiro atoms. The Bertz CT molecular complexity index is 935. The second-order valence-electron chi connectivity index (χ2n) is 6.59. The average Bonchev–Trinajstić information content (AvgIpc) is 3.15. The fourth-order valence-electron chi connectivity index (χ4n) is 2.61. The van der Waals surface area contributed by atoms with Crippen molar-refractivity contribution < 1.29 is 22.5 Å². The Labute approximate surface area is 159 Å². The fourth-order valence-corrected chi connectivity index (χ4v) is 2.61. The van der Waals surface area contributed by atoms with Gasteiger partial charge in [-0.05, 0) is 30.2 Å². The lowest BCUT2D eigenvalue weighted by Gasteiger charge is -2.18. The maximum absolute atomic E-state index is 12.7. The standard InChI is InChI=1S/C20H18F3N3O2/c1-12(2)16(19-25-17(26-28-19)13-6-4-3-5-7-13)24-18(27)14-8-10-15(11-9-14)20(21,22)23/h3-12,16H,1-2H3,(H,24,27)/t16-/m1/s1. The summed E-state index contributed by atoms with van der Waals surface area (Å²) >= 11 is 0. The molecule has 1 heterocycles. The first-order chi connectivity index (χ1) is 13.3. The summed E-state index contributed by atoms with van der Waals surface area (Å²) in [5.74, 6) is 0.0218. The number of halogens is 3. The molecule has 3 rings (SSSR count). The van der Waals surface area contributed by atoms with E-state index >= 15 is 0 Å². The Balaban J connectivity index is 1.78. The number of benzene rings is 2. The Morgan fingerprint density at radius 2 is 1.68 bits per heavy atom. The lowest BCUT2D eigenvalue weighted by atomic mass is 10.0. The Hall–Kier alpha value is -3.16. The van der Waals surface area contributed by atoms with E-state index < -0.39 is 23.7 Å². The van der Waals surface area contributed by atoms with Crippen LogP contribution in [0.3, 0.4) is 0 Å². The molecule has 1 N–H and O–H groups in total. The lowest BCUT2D eigenvalue weighted by molar-refractivity contribution is -0.137. The number of carbonyl (C=O) groups excluding carboxylic acids is 1. The van der Waals surface area contributed by atoms with Gasteiger partial charge in [0, 0.05) is 11.1 Å². The molecule has 0 bridgehead atoms. The van der Waals surface area contributed by atoms with Gasteiger partial charge in [0.15, 0.2) is 0 Å². The zero-order chi connectivity index (χ0) is 20.3. The first-order valence-electron chi connectivity index (χ1n) is 8.63. The van der Waals surface area contributed by atoms with Crippen LogP contribution in [0.2, 0.25) is 0 Å². The van der Waals surface area contributed by atoms with Crippen LogP contribution >= 0.6 is 0 Å². The summed E-state index contributed by atoms with van der Waals surface area (Å²) in [6, 6.07) is 12.7. The topological polar surface area (TPSA) is 68.0 Å². The lowest BCUT2D eigenvalue weighted by Crippen LogP contribution is -2.32. The van der Waals surface area contributed by atoms with Crippen LogP contribution in [0, 0.1) is 5.92 Å². The minimum Gasteiger partial charge on any atom is -0.340 e. The second kappa shape index (κ2) is 7.84. The van der Waals surface area contributed by atoms with E-state index in [1.54, 1.807) is 0 Å². The molecule has 0 saturated heterocycles. The SMILES string of the molecule is CC(C)[C@@H](NC(=O)c1ccc(C(F)(F)F)cc1)c1nc(-c2ccccc2)no1. The van der Waals surface area contributed by atoms with Crippen LogP contribution < -0.4 is 5.32 Å². The Morgan fingerprint density at radius 3 is 2.25 bits per heavy atom. The van der Waals surface area contributed by atoms with Crippen LogP contribution in [0.1, 0.15) is 41.7 Å². The van der Waals surface area contributed by atoms with Gasteiger partial charge in [0.25, 0.3) is 5.91 Å². The van der Waals surface area contributed by atoms with Gasteiger partial charge in [0.2, 0.25) is 11.7 Å². The molecule has 1 aromatic heterocycles. The van der Waals surface area contributed by atoms with Crippen LogP contribution in [-0.2, 0) is 6.18 Å². The van der Waals surface area contributed by atoms with Crippen molar-refractivity contribution in [1.82, 2.24) is 15.5 Å². The number of aromatic nitrogens is 2. The summed E-state index contributed by atoms with van der Waals surface area (Å²) in [5, 5.41) is 6.70. The molecule has 0 radical (unpaired) electrons. The van der Waals surface area contributed by atoms with Crippen molar-refractivity contribution >= 4 is 5.91 Å². The number of alkyl halides is 3. The van der Waals surface area contributed by atoms with Gasteiger partial charge in [0.05, 0.1) is 5.56 Å². The van der Waals surface area contributed by atoms with E-state index in [4.69, 9.17) is 4.52 Å². The smallest absolute Gasteiger partial charge is 0.340 e. The minimum atomic E-state index is -4.45. The molecule has 1 atom stereocenters.